The second kappa shape index (κ2) is 9.02. The average Bonchev–Trinajstić information content (AvgIpc) is 2.72. The molecule has 0 saturated carbocycles. The Morgan fingerprint density at radius 2 is 1.63 bits per heavy atom. The molecule has 1 N–H and O–H groups in total. The van der Waals surface area contributed by atoms with E-state index < -0.39 is 0 Å². The fourth-order valence-electron chi connectivity index (χ4n) is 3.22. The van der Waals surface area contributed by atoms with Crippen molar-refractivity contribution in [2.24, 2.45) is 0 Å². The predicted molar refractivity (Wildman–Crippen MR) is 107 cm³/mol. The van der Waals surface area contributed by atoms with E-state index in [1.165, 1.54) is 0 Å². The van der Waals surface area contributed by atoms with Crippen molar-refractivity contribution in [1.29, 1.82) is 0 Å². The highest BCUT2D eigenvalue weighted by molar-refractivity contribution is 6.33. The molecule has 3 rings (SSSR count). The molecule has 1 saturated heterocycles. The lowest BCUT2D eigenvalue weighted by Crippen LogP contribution is -2.54. The van der Waals surface area contributed by atoms with Gasteiger partial charge in [-0.05, 0) is 24.6 Å². The lowest BCUT2D eigenvalue weighted by Gasteiger charge is -2.37. The SMILES string of the molecule is C[C@H](C(=O)NCc1ccccc1)N1CCN(C(=O)c2ccccc2Cl)CC1. The molecule has 0 radical (unpaired) electrons. The van der Waals surface area contributed by atoms with Gasteiger partial charge in [-0.25, -0.2) is 0 Å². The van der Waals surface area contributed by atoms with Crippen molar-refractivity contribution < 1.29 is 9.59 Å². The number of carbonyl (C=O) groups is 2. The van der Waals surface area contributed by atoms with Crippen LogP contribution >= 0.6 is 11.6 Å². The van der Waals surface area contributed by atoms with Crippen LogP contribution in [-0.4, -0.2) is 53.8 Å². The number of halogens is 1. The maximum absolute atomic E-state index is 12.6. The van der Waals surface area contributed by atoms with Crippen LogP contribution in [0.5, 0.6) is 0 Å². The highest BCUT2D eigenvalue weighted by Gasteiger charge is 2.28. The summed E-state index contributed by atoms with van der Waals surface area (Å²) in [6.45, 7) is 4.92. The number of nitrogens with one attached hydrogen (secondary N) is 1. The van der Waals surface area contributed by atoms with Gasteiger partial charge in [-0.1, -0.05) is 54.1 Å². The molecule has 1 aliphatic rings. The molecule has 1 heterocycles. The van der Waals surface area contributed by atoms with Crippen LogP contribution in [0.4, 0.5) is 0 Å². The molecular weight excluding hydrogens is 362 g/mol. The van der Waals surface area contributed by atoms with E-state index >= 15 is 0 Å². The van der Waals surface area contributed by atoms with Crippen LogP contribution in [0.25, 0.3) is 0 Å². The van der Waals surface area contributed by atoms with Gasteiger partial charge in [0.05, 0.1) is 16.6 Å². The fraction of sp³-hybridized carbons (Fsp3) is 0.333. The number of benzene rings is 2. The monoisotopic (exact) mass is 385 g/mol. The number of piperazine rings is 1. The van der Waals surface area contributed by atoms with Crippen molar-refractivity contribution in [1.82, 2.24) is 15.1 Å². The van der Waals surface area contributed by atoms with Crippen molar-refractivity contribution in [2.75, 3.05) is 26.2 Å². The number of hydrogen-bond donors (Lipinski definition) is 1. The molecule has 142 valence electrons. The van der Waals surface area contributed by atoms with Crippen molar-refractivity contribution >= 4 is 23.4 Å². The van der Waals surface area contributed by atoms with Crippen molar-refractivity contribution in [2.45, 2.75) is 19.5 Å². The minimum Gasteiger partial charge on any atom is -0.351 e. The molecule has 0 unspecified atom stereocenters. The molecule has 0 aliphatic carbocycles. The largest absolute Gasteiger partial charge is 0.351 e. The highest BCUT2D eigenvalue weighted by atomic mass is 35.5. The van der Waals surface area contributed by atoms with Crippen LogP contribution < -0.4 is 5.32 Å². The predicted octanol–water partition coefficient (Wildman–Crippen LogP) is 2.80. The maximum atomic E-state index is 12.6. The third-order valence-electron chi connectivity index (χ3n) is 4.94. The summed E-state index contributed by atoms with van der Waals surface area (Å²) in [7, 11) is 0. The zero-order valence-corrected chi connectivity index (χ0v) is 16.2. The van der Waals surface area contributed by atoms with Gasteiger partial charge in [0.2, 0.25) is 5.91 Å². The van der Waals surface area contributed by atoms with E-state index in [9.17, 15) is 9.59 Å². The van der Waals surface area contributed by atoms with Gasteiger partial charge in [0, 0.05) is 32.7 Å². The van der Waals surface area contributed by atoms with E-state index in [-0.39, 0.29) is 17.9 Å². The minimum atomic E-state index is -0.230. The first-order valence-corrected chi connectivity index (χ1v) is 9.53. The van der Waals surface area contributed by atoms with E-state index in [4.69, 9.17) is 11.6 Å². The smallest absolute Gasteiger partial charge is 0.255 e. The summed E-state index contributed by atoms with van der Waals surface area (Å²) >= 11 is 6.13. The van der Waals surface area contributed by atoms with E-state index in [1.54, 1.807) is 17.0 Å². The van der Waals surface area contributed by atoms with Crippen LogP contribution in [0.15, 0.2) is 54.6 Å². The lowest BCUT2D eigenvalue weighted by molar-refractivity contribution is -0.126. The zero-order valence-electron chi connectivity index (χ0n) is 15.4. The average molecular weight is 386 g/mol. The van der Waals surface area contributed by atoms with Gasteiger partial charge in [-0.15, -0.1) is 0 Å². The Labute approximate surface area is 164 Å². The Morgan fingerprint density at radius 1 is 1.00 bits per heavy atom. The third-order valence-corrected chi connectivity index (χ3v) is 5.27. The summed E-state index contributed by atoms with van der Waals surface area (Å²) in [5.41, 5.74) is 1.61. The molecular formula is C21H24ClN3O2. The molecule has 2 aromatic carbocycles. The second-order valence-electron chi connectivity index (χ2n) is 6.69. The van der Waals surface area contributed by atoms with E-state index in [0.717, 1.165) is 5.56 Å². The summed E-state index contributed by atoms with van der Waals surface area (Å²) in [6.07, 6.45) is 0. The van der Waals surface area contributed by atoms with E-state index in [2.05, 4.69) is 10.2 Å². The first-order chi connectivity index (χ1) is 13.1. The summed E-state index contributed by atoms with van der Waals surface area (Å²) in [4.78, 5) is 29.0. The number of rotatable bonds is 5. The first-order valence-electron chi connectivity index (χ1n) is 9.16. The molecule has 5 nitrogen and oxygen atoms in total. The molecule has 2 aromatic rings. The maximum Gasteiger partial charge on any atom is 0.255 e. The standard InChI is InChI=1S/C21H24ClN3O2/c1-16(20(26)23-15-17-7-3-2-4-8-17)24-11-13-25(14-12-24)21(27)18-9-5-6-10-19(18)22/h2-10,16H,11-15H2,1H3,(H,23,26)/t16-/m1/s1. The van der Waals surface area contributed by atoms with Crippen LogP contribution in [0.2, 0.25) is 5.02 Å². The van der Waals surface area contributed by atoms with Gasteiger partial charge in [0.25, 0.3) is 5.91 Å². The highest BCUT2D eigenvalue weighted by Crippen LogP contribution is 2.18. The molecule has 1 fully saturated rings. The summed E-state index contributed by atoms with van der Waals surface area (Å²) in [5, 5.41) is 3.46. The Kier molecular flexibility index (Phi) is 6.48. The zero-order chi connectivity index (χ0) is 19.2. The quantitative estimate of drug-likeness (QED) is 0.861. The molecule has 27 heavy (non-hydrogen) atoms. The molecule has 6 heteroatoms. The Morgan fingerprint density at radius 3 is 2.30 bits per heavy atom. The Hall–Kier alpha value is -2.37. The summed E-state index contributed by atoms with van der Waals surface area (Å²) < 4.78 is 0. The Bertz CT molecular complexity index is 789. The van der Waals surface area contributed by atoms with Crippen molar-refractivity contribution in [3.8, 4) is 0 Å². The van der Waals surface area contributed by atoms with Crippen LogP contribution in [0.1, 0.15) is 22.8 Å². The van der Waals surface area contributed by atoms with E-state index in [1.807, 2.05) is 49.4 Å². The molecule has 2 amide bonds. The van der Waals surface area contributed by atoms with Crippen LogP contribution in [-0.2, 0) is 11.3 Å². The van der Waals surface area contributed by atoms with Gasteiger partial charge in [0.1, 0.15) is 0 Å². The molecule has 0 aromatic heterocycles. The molecule has 0 bridgehead atoms. The fourth-order valence-corrected chi connectivity index (χ4v) is 3.43. The third kappa shape index (κ3) is 4.87. The van der Waals surface area contributed by atoms with Crippen molar-refractivity contribution in [3.63, 3.8) is 0 Å². The Balaban J connectivity index is 1.50. The second-order valence-corrected chi connectivity index (χ2v) is 7.09. The first kappa shape index (κ1) is 19.4. The summed E-state index contributed by atoms with van der Waals surface area (Å²) in [5.74, 6) is -0.0498. The number of nitrogens with zero attached hydrogens (tertiary/aromatic N) is 2. The molecule has 1 atom stereocenters. The van der Waals surface area contributed by atoms with Crippen LogP contribution in [0.3, 0.4) is 0 Å². The van der Waals surface area contributed by atoms with Gasteiger partial charge < -0.3 is 10.2 Å². The molecule has 0 spiro atoms. The number of amides is 2. The van der Waals surface area contributed by atoms with Gasteiger partial charge in [-0.2, -0.15) is 0 Å². The normalized spacial score (nSPS) is 16.0. The summed E-state index contributed by atoms with van der Waals surface area (Å²) in [6, 6.07) is 16.7. The topological polar surface area (TPSA) is 52.7 Å². The molecule has 1 aliphatic heterocycles. The number of hydrogen-bond acceptors (Lipinski definition) is 3. The van der Waals surface area contributed by atoms with Crippen molar-refractivity contribution in [3.05, 3.63) is 70.7 Å². The van der Waals surface area contributed by atoms with Gasteiger partial charge >= 0.3 is 0 Å². The lowest BCUT2D eigenvalue weighted by atomic mass is 10.1. The van der Waals surface area contributed by atoms with E-state index in [0.29, 0.717) is 43.3 Å². The minimum absolute atomic E-state index is 0.00438. The number of carbonyl (C=O) groups excluding carboxylic acids is 2. The van der Waals surface area contributed by atoms with Gasteiger partial charge in [-0.3, -0.25) is 14.5 Å². The van der Waals surface area contributed by atoms with Gasteiger partial charge in [0.15, 0.2) is 0 Å². The van der Waals surface area contributed by atoms with Crippen LogP contribution in [0, 0.1) is 0 Å².